The van der Waals surface area contributed by atoms with Crippen molar-refractivity contribution >= 4 is 27.4 Å². The number of carbonyl (C=O) groups excluding carboxylic acids is 1. The van der Waals surface area contributed by atoms with E-state index >= 15 is 0 Å². The quantitative estimate of drug-likeness (QED) is 0.623. The van der Waals surface area contributed by atoms with Crippen LogP contribution in [0.15, 0.2) is 30.4 Å². The zero-order valence-electron chi connectivity index (χ0n) is 14.3. The van der Waals surface area contributed by atoms with Crippen LogP contribution in [-0.4, -0.2) is 26.2 Å². The lowest BCUT2D eigenvalue weighted by molar-refractivity contribution is 0.0537. The standard InChI is InChI=1S/C19H21F2NO2S/c1-3-9-19(20,21)14-6-4-5-13-15(12-7-10-22-11-8-12)17(18(23)24-2)25-16(13)14/h3-6,9,12,22H,7-8,10-11H2,1-2H3/b9-3+. The van der Waals surface area contributed by atoms with Gasteiger partial charge in [0, 0.05) is 10.3 Å². The van der Waals surface area contributed by atoms with Crippen LogP contribution in [0, 0.1) is 0 Å². The molecular formula is C19H21F2NO2S. The van der Waals surface area contributed by atoms with Crippen molar-refractivity contribution in [3.63, 3.8) is 0 Å². The summed E-state index contributed by atoms with van der Waals surface area (Å²) >= 11 is 1.12. The lowest BCUT2D eigenvalue weighted by atomic mass is 9.87. The molecule has 1 fully saturated rings. The molecule has 3 nitrogen and oxygen atoms in total. The third-order valence-corrected chi connectivity index (χ3v) is 5.84. The Labute approximate surface area is 149 Å². The number of esters is 1. The molecule has 6 heteroatoms. The Kier molecular flexibility index (Phi) is 5.20. The number of carbonyl (C=O) groups is 1. The maximum absolute atomic E-state index is 14.5. The van der Waals surface area contributed by atoms with Crippen molar-refractivity contribution in [2.45, 2.75) is 31.6 Å². The summed E-state index contributed by atoms with van der Waals surface area (Å²) in [5, 5.41) is 4.05. The van der Waals surface area contributed by atoms with Crippen molar-refractivity contribution < 1.29 is 18.3 Å². The fraction of sp³-hybridized carbons (Fsp3) is 0.421. The maximum Gasteiger partial charge on any atom is 0.348 e. The van der Waals surface area contributed by atoms with E-state index in [9.17, 15) is 13.6 Å². The number of alkyl halides is 2. The summed E-state index contributed by atoms with van der Waals surface area (Å²) < 4.78 is 34.5. The Morgan fingerprint density at radius 3 is 2.72 bits per heavy atom. The van der Waals surface area contributed by atoms with Crippen molar-refractivity contribution in [1.29, 1.82) is 0 Å². The molecule has 0 atom stereocenters. The summed E-state index contributed by atoms with van der Waals surface area (Å²) in [5.41, 5.74) is 0.810. The summed E-state index contributed by atoms with van der Waals surface area (Å²) in [6.07, 6.45) is 4.00. The number of piperidine rings is 1. The monoisotopic (exact) mass is 365 g/mol. The van der Waals surface area contributed by atoms with Gasteiger partial charge in [-0.25, -0.2) is 4.79 Å². The number of benzene rings is 1. The highest BCUT2D eigenvalue weighted by Gasteiger charge is 2.34. The number of halogens is 2. The van der Waals surface area contributed by atoms with Crippen LogP contribution in [0.3, 0.4) is 0 Å². The molecule has 0 spiro atoms. The molecule has 0 saturated carbocycles. The predicted octanol–water partition coefficient (Wildman–Crippen LogP) is 4.82. The van der Waals surface area contributed by atoms with Gasteiger partial charge in [0.15, 0.2) is 0 Å². The molecule has 2 heterocycles. The van der Waals surface area contributed by atoms with Gasteiger partial charge in [0.1, 0.15) is 4.88 Å². The predicted molar refractivity (Wildman–Crippen MR) is 96.7 cm³/mol. The summed E-state index contributed by atoms with van der Waals surface area (Å²) in [5.74, 6) is -3.34. The minimum Gasteiger partial charge on any atom is -0.465 e. The second-order valence-electron chi connectivity index (χ2n) is 6.17. The maximum atomic E-state index is 14.5. The molecule has 3 rings (SSSR count). The van der Waals surface area contributed by atoms with Crippen molar-refractivity contribution in [2.75, 3.05) is 20.2 Å². The molecule has 1 aliphatic heterocycles. The number of allylic oxidation sites excluding steroid dienone is 2. The molecule has 1 aliphatic rings. The number of ether oxygens (including phenoxy) is 1. The first-order chi connectivity index (χ1) is 12.0. The molecule has 0 bridgehead atoms. The number of thiophene rings is 1. The molecule has 134 valence electrons. The summed E-state index contributed by atoms with van der Waals surface area (Å²) in [7, 11) is 1.33. The number of hydrogen-bond acceptors (Lipinski definition) is 4. The molecular weight excluding hydrogens is 344 g/mol. The zero-order chi connectivity index (χ0) is 18.0. The van der Waals surface area contributed by atoms with Gasteiger partial charge in [-0.1, -0.05) is 24.3 Å². The van der Waals surface area contributed by atoms with Gasteiger partial charge < -0.3 is 10.1 Å². The van der Waals surface area contributed by atoms with Crippen LogP contribution < -0.4 is 5.32 Å². The number of rotatable bonds is 4. The Morgan fingerprint density at radius 2 is 2.08 bits per heavy atom. The van der Waals surface area contributed by atoms with Gasteiger partial charge in [0.05, 0.1) is 7.11 Å². The highest BCUT2D eigenvalue weighted by molar-refractivity contribution is 7.21. The first-order valence-corrected chi connectivity index (χ1v) is 9.17. The van der Waals surface area contributed by atoms with Crippen LogP contribution in [0.1, 0.15) is 46.5 Å². The molecule has 1 aromatic carbocycles. The SMILES string of the molecule is C/C=C/C(F)(F)c1cccc2c(C3CCNCC3)c(C(=O)OC)sc12. The third-order valence-electron chi connectivity index (χ3n) is 4.61. The number of hydrogen-bond donors (Lipinski definition) is 1. The number of nitrogens with one attached hydrogen (secondary N) is 1. The topological polar surface area (TPSA) is 38.3 Å². The summed E-state index contributed by atoms with van der Waals surface area (Å²) in [6, 6.07) is 4.92. The second-order valence-corrected chi connectivity index (χ2v) is 7.19. The van der Waals surface area contributed by atoms with Gasteiger partial charge in [0.25, 0.3) is 5.92 Å². The third kappa shape index (κ3) is 3.33. The average molecular weight is 365 g/mol. The van der Waals surface area contributed by atoms with E-state index in [1.807, 2.05) is 6.07 Å². The van der Waals surface area contributed by atoms with Crippen LogP contribution in [0.4, 0.5) is 8.78 Å². The molecule has 1 aromatic heterocycles. The molecule has 2 aromatic rings. The molecule has 25 heavy (non-hydrogen) atoms. The Balaban J connectivity index is 2.24. The lowest BCUT2D eigenvalue weighted by Gasteiger charge is -2.23. The van der Waals surface area contributed by atoms with E-state index in [1.54, 1.807) is 13.0 Å². The van der Waals surface area contributed by atoms with E-state index in [0.29, 0.717) is 9.58 Å². The van der Waals surface area contributed by atoms with Crippen LogP contribution in [0.25, 0.3) is 10.1 Å². The van der Waals surface area contributed by atoms with Crippen molar-refractivity contribution in [2.24, 2.45) is 0 Å². The van der Waals surface area contributed by atoms with Crippen LogP contribution in [0.5, 0.6) is 0 Å². The average Bonchev–Trinajstić information content (AvgIpc) is 3.01. The van der Waals surface area contributed by atoms with E-state index < -0.39 is 11.9 Å². The Bertz CT molecular complexity index is 807. The molecule has 0 aliphatic carbocycles. The van der Waals surface area contributed by atoms with Crippen molar-refractivity contribution in [1.82, 2.24) is 5.32 Å². The van der Waals surface area contributed by atoms with Gasteiger partial charge in [-0.3, -0.25) is 0 Å². The van der Waals surface area contributed by atoms with Crippen LogP contribution >= 0.6 is 11.3 Å². The second kappa shape index (κ2) is 7.22. The molecule has 1 N–H and O–H groups in total. The zero-order valence-corrected chi connectivity index (χ0v) is 15.1. The molecule has 0 radical (unpaired) electrons. The van der Waals surface area contributed by atoms with Crippen LogP contribution in [0.2, 0.25) is 0 Å². The Hall–Kier alpha value is -1.79. The highest BCUT2D eigenvalue weighted by Crippen LogP contribution is 2.45. The normalized spacial score (nSPS) is 16.6. The van der Waals surface area contributed by atoms with E-state index in [-0.39, 0.29) is 11.5 Å². The van der Waals surface area contributed by atoms with Gasteiger partial charge in [-0.05, 0) is 55.8 Å². The first-order valence-electron chi connectivity index (χ1n) is 8.36. The van der Waals surface area contributed by atoms with Crippen molar-refractivity contribution in [3.05, 3.63) is 46.4 Å². The fourth-order valence-corrected chi connectivity index (χ4v) is 4.82. The summed E-state index contributed by atoms with van der Waals surface area (Å²) in [4.78, 5) is 12.8. The van der Waals surface area contributed by atoms with E-state index in [4.69, 9.17) is 4.74 Å². The Morgan fingerprint density at radius 1 is 1.36 bits per heavy atom. The first kappa shape index (κ1) is 18.0. The smallest absolute Gasteiger partial charge is 0.348 e. The van der Waals surface area contributed by atoms with Crippen LogP contribution in [-0.2, 0) is 10.7 Å². The van der Waals surface area contributed by atoms with Gasteiger partial charge in [0.2, 0.25) is 0 Å². The minimum absolute atomic E-state index is 0.0570. The summed E-state index contributed by atoms with van der Waals surface area (Å²) in [6.45, 7) is 3.29. The van der Waals surface area contributed by atoms with E-state index in [1.165, 1.54) is 19.3 Å². The molecule has 1 saturated heterocycles. The number of fused-ring (bicyclic) bond motifs is 1. The van der Waals surface area contributed by atoms with E-state index in [0.717, 1.165) is 54.3 Å². The lowest BCUT2D eigenvalue weighted by Crippen LogP contribution is -2.27. The number of methoxy groups -OCH3 is 1. The van der Waals surface area contributed by atoms with Gasteiger partial charge in [-0.15, -0.1) is 11.3 Å². The highest BCUT2D eigenvalue weighted by atomic mass is 32.1. The van der Waals surface area contributed by atoms with Crippen molar-refractivity contribution in [3.8, 4) is 0 Å². The largest absolute Gasteiger partial charge is 0.465 e. The van der Waals surface area contributed by atoms with Gasteiger partial charge >= 0.3 is 5.97 Å². The molecule has 0 amide bonds. The van der Waals surface area contributed by atoms with Gasteiger partial charge in [-0.2, -0.15) is 8.78 Å². The molecule has 0 unspecified atom stereocenters. The van der Waals surface area contributed by atoms with E-state index in [2.05, 4.69) is 5.32 Å². The minimum atomic E-state index is -3.07. The fourth-order valence-electron chi connectivity index (χ4n) is 3.46.